The van der Waals surface area contributed by atoms with Crippen molar-refractivity contribution < 1.29 is 13.2 Å². The van der Waals surface area contributed by atoms with Gasteiger partial charge in [0.05, 0.1) is 6.26 Å². The molecule has 2 rings (SSSR count). The monoisotopic (exact) mass is 353 g/mol. The Bertz CT molecular complexity index is 611. The van der Waals surface area contributed by atoms with Gasteiger partial charge in [-0.25, -0.2) is 13.2 Å². The molecule has 2 amide bonds. The number of hydrogen-bond acceptors (Lipinski definition) is 3. The average molecular weight is 353 g/mol. The highest BCUT2D eigenvalue weighted by molar-refractivity contribution is 7.88. The highest BCUT2D eigenvalue weighted by Crippen LogP contribution is 2.23. The normalized spacial score (nSPS) is 16.6. The summed E-state index contributed by atoms with van der Waals surface area (Å²) in [5.41, 5.74) is 0.707. The number of benzene rings is 1. The van der Waals surface area contributed by atoms with Gasteiger partial charge in [0, 0.05) is 24.8 Å². The third kappa shape index (κ3) is 6.13. The van der Waals surface area contributed by atoms with Crippen molar-refractivity contribution >= 4 is 21.7 Å². The first-order valence-corrected chi connectivity index (χ1v) is 10.4. The molecule has 0 spiro atoms. The molecule has 1 aromatic carbocycles. The van der Waals surface area contributed by atoms with Gasteiger partial charge in [0.2, 0.25) is 10.0 Å². The molecule has 2 N–H and O–H groups in total. The fraction of sp³-hybridized carbons (Fsp3) is 0.588. The number of urea groups is 1. The smallest absolute Gasteiger partial charge is 0.319 e. The van der Waals surface area contributed by atoms with Crippen molar-refractivity contribution in [3.63, 3.8) is 0 Å². The number of para-hydroxylation sites is 1. The van der Waals surface area contributed by atoms with E-state index < -0.39 is 10.0 Å². The Morgan fingerprint density at radius 1 is 1.12 bits per heavy atom. The van der Waals surface area contributed by atoms with E-state index >= 15 is 0 Å². The summed E-state index contributed by atoms with van der Waals surface area (Å²) in [5.74, 6) is 0. The van der Waals surface area contributed by atoms with Crippen molar-refractivity contribution in [3.05, 3.63) is 30.3 Å². The van der Waals surface area contributed by atoms with Crippen molar-refractivity contribution in [2.24, 2.45) is 0 Å². The average Bonchev–Trinajstić information content (AvgIpc) is 2.80. The van der Waals surface area contributed by atoms with Crippen molar-refractivity contribution in [2.75, 3.05) is 24.7 Å². The van der Waals surface area contributed by atoms with Gasteiger partial charge in [-0.15, -0.1) is 0 Å². The third-order valence-corrected chi connectivity index (χ3v) is 5.64. The molecule has 134 valence electrons. The van der Waals surface area contributed by atoms with Gasteiger partial charge >= 0.3 is 6.03 Å². The minimum Gasteiger partial charge on any atom is -0.337 e. The standard InChI is InChI=1S/C17H27N3O3S/c1-24(22,23)20(16-11-7-2-3-8-12-16)14-13-18-17(21)19-15-9-5-4-6-10-15/h4-6,9-10,16H,2-3,7-8,11-14H2,1H3,(H2,18,19,21). The van der Waals surface area contributed by atoms with Crippen LogP contribution in [0.1, 0.15) is 38.5 Å². The van der Waals surface area contributed by atoms with Crippen LogP contribution in [0.2, 0.25) is 0 Å². The van der Waals surface area contributed by atoms with Crippen molar-refractivity contribution in [2.45, 2.75) is 44.6 Å². The molecule has 1 aliphatic carbocycles. The van der Waals surface area contributed by atoms with E-state index in [4.69, 9.17) is 0 Å². The second-order valence-corrected chi connectivity index (χ2v) is 8.20. The second kappa shape index (κ2) is 9.03. The number of hydrogen-bond donors (Lipinski definition) is 2. The molecule has 1 aliphatic rings. The van der Waals surface area contributed by atoms with E-state index in [1.54, 1.807) is 16.4 Å². The van der Waals surface area contributed by atoms with E-state index in [0.717, 1.165) is 25.7 Å². The first-order valence-electron chi connectivity index (χ1n) is 8.53. The molecule has 7 heteroatoms. The van der Waals surface area contributed by atoms with Gasteiger partial charge < -0.3 is 10.6 Å². The number of carbonyl (C=O) groups is 1. The molecule has 0 saturated heterocycles. The van der Waals surface area contributed by atoms with Gasteiger partial charge in [-0.05, 0) is 25.0 Å². The van der Waals surface area contributed by atoms with Crippen LogP contribution in [-0.2, 0) is 10.0 Å². The minimum absolute atomic E-state index is 0.0569. The van der Waals surface area contributed by atoms with Crippen LogP contribution in [0.3, 0.4) is 0 Å². The molecule has 0 bridgehead atoms. The Balaban J connectivity index is 1.85. The highest BCUT2D eigenvalue weighted by Gasteiger charge is 2.26. The Morgan fingerprint density at radius 2 is 1.75 bits per heavy atom. The van der Waals surface area contributed by atoms with Crippen molar-refractivity contribution in [1.82, 2.24) is 9.62 Å². The Labute approximate surface area is 144 Å². The third-order valence-electron chi connectivity index (χ3n) is 4.31. The fourth-order valence-corrected chi connectivity index (χ4v) is 4.32. The zero-order valence-electron chi connectivity index (χ0n) is 14.2. The van der Waals surface area contributed by atoms with Gasteiger partial charge in [-0.2, -0.15) is 4.31 Å². The van der Waals surface area contributed by atoms with E-state index in [0.29, 0.717) is 18.8 Å². The van der Waals surface area contributed by atoms with E-state index in [2.05, 4.69) is 10.6 Å². The fourth-order valence-electron chi connectivity index (χ4n) is 3.14. The molecular formula is C17H27N3O3S. The molecule has 1 saturated carbocycles. The number of amides is 2. The number of carbonyl (C=O) groups excluding carboxylic acids is 1. The molecule has 0 atom stereocenters. The summed E-state index contributed by atoms with van der Waals surface area (Å²) < 4.78 is 25.8. The molecule has 6 nitrogen and oxygen atoms in total. The molecule has 1 fully saturated rings. The molecular weight excluding hydrogens is 326 g/mol. The Hall–Kier alpha value is -1.60. The number of nitrogens with zero attached hydrogens (tertiary/aromatic N) is 1. The first kappa shape index (κ1) is 18.7. The zero-order chi connectivity index (χ0) is 17.4. The molecule has 1 aromatic rings. The van der Waals surface area contributed by atoms with Crippen LogP contribution in [0, 0.1) is 0 Å². The van der Waals surface area contributed by atoms with Crippen LogP contribution in [0.25, 0.3) is 0 Å². The topological polar surface area (TPSA) is 78.5 Å². The quantitative estimate of drug-likeness (QED) is 0.772. The van der Waals surface area contributed by atoms with Crippen LogP contribution in [-0.4, -0.2) is 44.1 Å². The van der Waals surface area contributed by atoms with Crippen LogP contribution in [0.4, 0.5) is 10.5 Å². The van der Waals surface area contributed by atoms with Crippen molar-refractivity contribution in [3.8, 4) is 0 Å². The van der Waals surface area contributed by atoms with Crippen LogP contribution < -0.4 is 10.6 Å². The second-order valence-electron chi connectivity index (χ2n) is 6.27. The largest absolute Gasteiger partial charge is 0.337 e. The van der Waals surface area contributed by atoms with Gasteiger partial charge in [-0.3, -0.25) is 0 Å². The number of nitrogens with one attached hydrogen (secondary N) is 2. The maximum Gasteiger partial charge on any atom is 0.319 e. The van der Waals surface area contributed by atoms with Crippen LogP contribution >= 0.6 is 0 Å². The van der Waals surface area contributed by atoms with Gasteiger partial charge in [0.1, 0.15) is 0 Å². The molecule has 0 aliphatic heterocycles. The zero-order valence-corrected chi connectivity index (χ0v) is 15.0. The maximum absolute atomic E-state index is 12.1. The predicted octanol–water partition coefficient (Wildman–Crippen LogP) is 2.79. The molecule has 0 unspecified atom stereocenters. The number of rotatable bonds is 6. The number of sulfonamides is 1. The SMILES string of the molecule is CS(=O)(=O)N(CCNC(=O)Nc1ccccc1)C1CCCCCC1. The maximum atomic E-state index is 12.1. The lowest BCUT2D eigenvalue weighted by Gasteiger charge is -2.29. The highest BCUT2D eigenvalue weighted by atomic mass is 32.2. The molecule has 0 aromatic heterocycles. The van der Waals surface area contributed by atoms with Gasteiger partial charge in [-0.1, -0.05) is 43.9 Å². The van der Waals surface area contributed by atoms with E-state index in [-0.39, 0.29) is 12.1 Å². The Morgan fingerprint density at radius 3 is 2.33 bits per heavy atom. The predicted molar refractivity (Wildman–Crippen MR) is 96.5 cm³/mol. The summed E-state index contributed by atoms with van der Waals surface area (Å²) >= 11 is 0. The minimum atomic E-state index is -3.28. The molecule has 0 heterocycles. The Kier molecular flexibility index (Phi) is 7.05. The van der Waals surface area contributed by atoms with Crippen LogP contribution in [0.5, 0.6) is 0 Å². The van der Waals surface area contributed by atoms with Crippen LogP contribution in [0.15, 0.2) is 30.3 Å². The van der Waals surface area contributed by atoms with Crippen molar-refractivity contribution in [1.29, 1.82) is 0 Å². The van der Waals surface area contributed by atoms with E-state index in [9.17, 15) is 13.2 Å². The van der Waals surface area contributed by atoms with Gasteiger partial charge in [0.15, 0.2) is 0 Å². The lowest BCUT2D eigenvalue weighted by atomic mass is 10.1. The number of anilines is 1. The summed E-state index contributed by atoms with van der Waals surface area (Å²) in [4.78, 5) is 11.9. The summed E-state index contributed by atoms with van der Waals surface area (Å²) in [5, 5.41) is 5.46. The summed E-state index contributed by atoms with van der Waals surface area (Å²) in [6.45, 7) is 0.605. The lowest BCUT2D eigenvalue weighted by Crippen LogP contribution is -2.44. The summed E-state index contributed by atoms with van der Waals surface area (Å²) in [6.07, 6.45) is 7.55. The first-order chi connectivity index (χ1) is 11.5. The molecule has 24 heavy (non-hydrogen) atoms. The van der Waals surface area contributed by atoms with E-state index in [1.807, 2.05) is 18.2 Å². The summed E-state index contributed by atoms with van der Waals surface area (Å²) in [7, 11) is -3.28. The lowest BCUT2D eigenvalue weighted by molar-refractivity contribution is 0.248. The van der Waals surface area contributed by atoms with Gasteiger partial charge in [0.25, 0.3) is 0 Å². The molecule has 0 radical (unpaired) electrons. The van der Waals surface area contributed by atoms with E-state index in [1.165, 1.54) is 19.1 Å². The summed E-state index contributed by atoms with van der Waals surface area (Å²) in [6, 6.07) is 8.89.